The first kappa shape index (κ1) is 10.1. The quantitative estimate of drug-likeness (QED) is 0.698. The predicted octanol–water partition coefficient (Wildman–Crippen LogP) is 2.53. The Morgan fingerprint density at radius 2 is 1.92 bits per heavy atom. The highest BCUT2D eigenvalue weighted by Crippen LogP contribution is 2.25. The van der Waals surface area contributed by atoms with Gasteiger partial charge in [-0.15, -0.1) is 0 Å². The number of aldehydes is 1. The van der Waals surface area contributed by atoms with Crippen LogP contribution in [0.5, 0.6) is 5.75 Å². The van der Waals surface area contributed by atoms with E-state index in [9.17, 15) is 4.79 Å². The Morgan fingerprint density at radius 3 is 2.38 bits per heavy atom. The van der Waals surface area contributed by atoms with Gasteiger partial charge in [0, 0.05) is 5.02 Å². The molecule has 0 heterocycles. The molecule has 1 rings (SSSR count). The number of carbonyl (C=O) groups excluding carboxylic acids is 1. The van der Waals surface area contributed by atoms with Gasteiger partial charge in [0.1, 0.15) is 12.4 Å². The van der Waals surface area contributed by atoms with E-state index in [1.807, 2.05) is 26.0 Å². The third-order valence-electron chi connectivity index (χ3n) is 1.73. The van der Waals surface area contributed by atoms with Crippen LogP contribution in [0.2, 0.25) is 5.02 Å². The van der Waals surface area contributed by atoms with Crippen LogP contribution in [0.4, 0.5) is 0 Å². The van der Waals surface area contributed by atoms with Crippen LogP contribution in [-0.2, 0) is 4.79 Å². The fourth-order valence-electron chi connectivity index (χ4n) is 1.12. The zero-order valence-electron chi connectivity index (χ0n) is 7.63. The first-order valence-corrected chi connectivity index (χ1v) is 4.36. The normalized spacial score (nSPS) is 9.77. The van der Waals surface area contributed by atoms with Crippen LogP contribution in [0, 0.1) is 13.8 Å². The summed E-state index contributed by atoms with van der Waals surface area (Å²) in [5, 5.41) is 0.749. The molecule has 13 heavy (non-hydrogen) atoms. The number of carbonyl (C=O) groups is 1. The van der Waals surface area contributed by atoms with Crippen molar-refractivity contribution in [1.29, 1.82) is 0 Å². The van der Waals surface area contributed by atoms with E-state index in [-0.39, 0.29) is 6.61 Å². The molecule has 70 valence electrons. The molecule has 0 radical (unpaired) electrons. The lowest BCUT2D eigenvalue weighted by molar-refractivity contribution is -0.109. The second-order valence-electron chi connectivity index (χ2n) is 2.85. The van der Waals surface area contributed by atoms with Crippen LogP contribution in [-0.4, -0.2) is 12.9 Å². The standard InChI is InChI=1S/C10H11ClO2/c1-7-5-9(13-4-3-12)6-8(2)10(7)11/h3,5-6H,4H2,1-2H3. The van der Waals surface area contributed by atoms with Crippen LogP contribution in [0.15, 0.2) is 12.1 Å². The Bertz CT molecular complexity index is 298. The fourth-order valence-corrected chi connectivity index (χ4v) is 1.23. The highest BCUT2D eigenvalue weighted by Gasteiger charge is 2.02. The molecular weight excluding hydrogens is 188 g/mol. The van der Waals surface area contributed by atoms with E-state index in [2.05, 4.69) is 0 Å². The van der Waals surface area contributed by atoms with E-state index in [0.29, 0.717) is 5.75 Å². The van der Waals surface area contributed by atoms with E-state index < -0.39 is 0 Å². The summed E-state index contributed by atoms with van der Waals surface area (Å²) in [5.74, 6) is 0.687. The lowest BCUT2D eigenvalue weighted by atomic mass is 10.1. The Labute approximate surface area is 82.5 Å². The minimum absolute atomic E-state index is 0.0838. The topological polar surface area (TPSA) is 26.3 Å². The molecule has 0 aliphatic carbocycles. The molecule has 2 nitrogen and oxygen atoms in total. The van der Waals surface area contributed by atoms with Crippen LogP contribution in [0.3, 0.4) is 0 Å². The zero-order chi connectivity index (χ0) is 9.84. The molecule has 0 aliphatic heterocycles. The molecule has 1 aromatic carbocycles. The van der Waals surface area contributed by atoms with Crippen molar-refractivity contribution in [2.75, 3.05) is 6.61 Å². The van der Waals surface area contributed by atoms with Gasteiger partial charge in [-0.3, -0.25) is 4.79 Å². The number of aryl methyl sites for hydroxylation is 2. The van der Waals surface area contributed by atoms with Crippen LogP contribution in [0.1, 0.15) is 11.1 Å². The number of benzene rings is 1. The molecule has 0 bridgehead atoms. The second kappa shape index (κ2) is 4.28. The molecule has 0 N–H and O–H groups in total. The molecule has 0 spiro atoms. The van der Waals surface area contributed by atoms with E-state index in [1.54, 1.807) is 0 Å². The average Bonchev–Trinajstić information content (AvgIpc) is 2.10. The number of hydrogen-bond acceptors (Lipinski definition) is 2. The summed E-state index contributed by atoms with van der Waals surface area (Å²) >= 11 is 5.96. The third kappa shape index (κ3) is 2.46. The van der Waals surface area contributed by atoms with E-state index >= 15 is 0 Å². The Hall–Kier alpha value is -1.02. The Balaban J connectivity index is 2.92. The molecule has 3 heteroatoms. The molecule has 0 saturated carbocycles. The van der Waals surface area contributed by atoms with Crippen molar-refractivity contribution in [1.82, 2.24) is 0 Å². The van der Waals surface area contributed by atoms with Crippen molar-refractivity contribution in [3.63, 3.8) is 0 Å². The molecular formula is C10H11ClO2. The third-order valence-corrected chi connectivity index (χ3v) is 2.32. The largest absolute Gasteiger partial charge is 0.486 e. The summed E-state index contributed by atoms with van der Waals surface area (Å²) in [7, 11) is 0. The average molecular weight is 199 g/mol. The Kier molecular flexibility index (Phi) is 3.32. The second-order valence-corrected chi connectivity index (χ2v) is 3.23. The maximum atomic E-state index is 10.1. The number of ether oxygens (including phenoxy) is 1. The van der Waals surface area contributed by atoms with Crippen molar-refractivity contribution < 1.29 is 9.53 Å². The van der Waals surface area contributed by atoms with Gasteiger partial charge in [-0.25, -0.2) is 0 Å². The van der Waals surface area contributed by atoms with Gasteiger partial charge in [0.2, 0.25) is 0 Å². The first-order chi connectivity index (χ1) is 6.15. The molecule has 0 aromatic heterocycles. The van der Waals surface area contributed by atoms with E-state index in [4.69, 9.17) is 16.3 Å². The highest BCUT2D eigenvalue weighted by atomic mass is 35.5. The minimum Gasteiger partial charge on any atom is -0.486 e. The molecule has 0 unspecified atom stereocenters. The van der Waals surface area contributed by atoms with Crippen molar-refractivity contribution in [2.45, 2.75) is 13.8 Å². The molecule has 1 aromatic rings. The number of hydrogen-bond donors (Lipinski definition) is 0. The highest BCUT2D eigenvalue weighted by molar-refractivity contribution is 6.32. The Morgan fingerprint density at radius 1 is 1.38 bits per heavy atom. The summed E-state index contributed by atoms with van der Waals surface area (Å²) in [6.07, 6.45) is 0.722. The lowest BCUT2D eigenvalue weighted by Gasteiger charge is -2.07. The maximum absolute atomic E-state index is 10.1. The molecule has 0 fully saturated rings. The van der Waals surface area contributed by atoms with Crippen LogP contribution < -0.4 is 4.74 Å². The van der Waals surface area contributed by atoms with Gasteiger partial charge in [0.25, 0.3) is 0 Å². The van der Waals surface area contributed by atoms with Gasteiger partial charge in [-0.1, -0.05) is 11.6 Å². The minimum atomic E-state index is 0.0838. The van der Waals surface area contributed by atoms with E-state index in [1.165, 1.54) is 0 Å². The van der Waals surface area contributed by atoms with Gasteiger partial charge < -0.3 is 4.74 Å². The van der Waals surface area contributed by atoms with Crippen molar-refractivity contribution >= 4 is 17.9 Å². The van der Waals surface area contributed by atoms with Gasteiger partial charge in [0.15, 0.2) is 6.29 Å². The summed E-state index contributed by atoms with van der Waals surface area (Å²) in [6.45, 7) is 3.90. The molecule has 0 aliphatic rings. The van der Waals surface area contributed by atoms with Crippen LogP contribution in [0.25, 0.3) is 0 Å². The predicted molar refractivity (Wildman–Crippen MR) is 52.5 cm³/mol. The van der Waals surface area contributed by atoms with Gasteiger partial charge in [0.05, 0.1) is 0 Å². The van der Waals surface area contributed by atoms with Crippen LogP contribution >= 0.6 is 11.6 Å². The monoisotopic (exact) mass is 198 g/mol. The maximum Gasteiger partial charge on any atom is 0.157 e. The van der Waals surface area contributed by atoms with Crippen molar-refractivity contribution in [2.24, 2.45) is 0 Å². The molecule has 0 saturated heterocycles. The number of halogens is 1. The molecule has 0 amide bonds. The molecule has 0 atom stereocenters. The van der Waals surface area contributed by atoms with Gasteiger partial charge in [-0.2, -0.15) is 0 Å². The van der Waals surface area contributed by atoms with E-state index in [0.717, 1.165) is 22.4 Å². The smallest absolute Gasteiger partial charge is 0.157 e. The first-order valence-electron chi connectivity index (χ1n) is 3.98. The van der Waals surface area contributed by atoms with Gasteiger partial charge in [-0.05, 0) is 37.1 Å². The van der Waals surface area contributed by atoms with Crippen molar-refractivity contribution in [3.05, 3.63) is 28.3 Å². The lowest BCUT2D eigenvalue weighted by Crippen LogP contribution is -1.98. The fraction of sp³-hybridized carbons (Fsp3) is 0.300. The summed E-state index contributed by atoms with van der Waals surface area (Å²) in [6, 6.07) is 3.64. The summed E-state index contributed by atoms with van der Waals surface area (Å²) in [4.78, 5) is 10.1. The SMILES string of the molecule is Cc1cc(OCC=O)cc(C)c1Cl. The van der Waals surface area contributed by atoms with Gasteiger partial charge >= 0.3 is 0 Å². The zero-order valence-corrected chi connectivity index (χ0v) is 8.39. The summed E-state index contributed by atoms with van der Waals surface area (Å²) < 4.78 is 5.15. The summed E-state index contributed by atoms with van der Waals surface area (Å²) in [5.41, 5.74) is 1.92. The van der Waals surface area contributed by atoms with Crippen molar-refractivity contribution in [3.8, 4) is 5.75 Å². The number of rotatable bonds is 3.